The van der Waals surface area contributed by atoms with Gasteiger partial charge in [0.2, 0.25) is 0 Å². The number of benzene rings is 2. The van der Waals surface area contributed by atoms with Crippen LogP contribution >= 0.6 is 0 Å². The summed E-state index contributed by atoms with van der Waals surface area (Å²) in [6.45, 7) is 5.05. The van der Waals surface area contributed by atoms with Crippen molar-refractivity contribution in [3.63, 3.8) is 0 Å². The molecule has 20 heavy (non-hydrogen) atoms. The van der Waals surface area contributed by atoms with E-state index in [-0.39, 0.29) is 5.78 Å². The Balaban J connectivity index is 1.98. The van der Waals surface area contributed by atoms with E-state index in [0.29, 0.717) is 30.3 Å². The van der Waals surface area contributed by atoms with Gasteiger partial charge in [-0.25, -0.2) is 0 Å². The molecule has 3 nitrogen and oxygen atoms in total. The van der Waals surface area contributed by atoms with Crippen LogP contribution in [0.25, 0.3) is 0 Å². The smallest absolute Gasteiger partial charge is 0.193 e. The van der Waals surface area contributed by atoms with Crippen LogP contribution in [0.4, 0.5) is 0 Å². The minimum absolute atomic E-state index is 0.0134. The maximum Gasteiger partial charge on any atom is 0.193 e. The Kier molecular flexibility index (Phi) is 3.18. The predicted molar refractivity (Wildman–Crippen MR) is 76.8 cm³/mol. The van der Waals surface area contributed by atoms with E-state index in [1.165, 1.54) is 0 Å². The number of carbonyl (C=O) groups excluding carboxylic acids is 1. The van der Waals surface area contributed by atoms with Crippen molar-refractivity contribution in [2.45, 2.75) is 13.8 Å². The van der Waals surface area contributed by atoms with E-state index in [2.05, 4.69) is 0 Å². The molecule has 1 aliphatic rings. The first kappa shape index (κ1) is 12.7. The highest BCUT2D eigenvalue weighted by atomic mass is 16.6. The van der Waals surface area contributed by atoms with Crippen molar-refractivity contribution in [1.29, 1.82) is 0 Å². The van der Waals surface area contributed by atoms with Gasteiger partial charge in [0, 0.05) is 11.1 Å². The summed E-state index contributed by atoms with van der Waals surface area (Å²) in [6, 6.07) is 11.2. The molecule has 0 N–H and O–H groups in total. The molecule has 0 atom stereocenters. The van der Waals surface area contributed by atoms with Crippen LogP contribution in [-0.4, -0.2) is 19.0 Å². The molecular formula is C17H16O3. The fourth-order valence-electron chi connectivity index (χ4n) is 2.41. The maximum atomic E-state index is 12.6. The average Bonchev–Trinajstić information content (AvgIpc) is 2.46. The van der Waals surface area contributed by atoms with Crippen LogP contribution in [0.2, 0.25) is 0 Å². The Labute approximate surface area is 118 Å². The second-order valence-electron chi connectivity index (χ2n) is 5.01. The number of aryl methyl sites for hydroxylation is 2. The highest BCUT2D eigenvalue weighted by Crippen LogP contribution is 2.31. The van der Waals surface area contributed by atoms with Gasteiger partial charge in [-0.3, -0.25) is 4.79 Å². The molecule has 2 aromatic rings. The van der Waals surface area contributed by atoms with E-state index in [4.69, 9.17) is 9.47 Å². The molecular weight excluding hydrogens is 252 g/mol. The van der Waals surface area contributed by atoms with Crippen LogP contribution in [0.15, 0.2) is 36.4 Å². The number of carbonyl (C=O) groups is 1. The Bertz CT molecular complexity index is 674. The average molecular weight is 268 g/mol. The molecule has 0 fully saturated rings. The summed E-state index contributed by atoms with van der Waals surface area (Å²) in [5.41, 5.74) is 3.50. The van der Waals surface area contributed by atoms with Crippen molar-refractivity contribution < 1.29 is 14.3 Å². The molecule has 3 heteroatoms. The molecule has 1 heterocycles. The molecule has 0 saturated carbocycles. The number of ether oxygens (including phenoxy) is 2. The zero-order chi connectivity index (χ0) is 14.1. The molecule has 0 aromatic heterocycles. The summed E-state index contributed by atoms with van der Waals surface area (Å²) in [4.78, 5) is 12.6. The molecule has 0 bridgehead atoms. The number of rotatable bonds is 2. The number of hydrogen-bond donors (Lipinski definition) is 0. The summed E-state index contributed by atoms with van der Waals surface area (Å²) in [6.07, 6.45) is 0. The van der Waals surface area contributed by atoms with E-state index in [1.807, 2.05) is 32.0 Å². The summed E-state index contributed by atoms with van der Waals surface area (Å²) in [7, 11) is 0. The zero-order valence-electron chi connectivity index (χ0n) is 11.6. The van der Waals surface area contributed by atoms with Crippen LogP contribution in [0, 0.1) is 13.8 Å². The summed E-state index contributed by atoms with van der Waals surface area (Å²) < 4.78 is 11.0. The molecule has 0 amide bonds. The van der Waals surface area contributed by atoms with Crippen molar-refractivity contribution in [3.8, 4) is 11.5 Å². The Morgan fingerprint density at radius 2 is 1.70 bits per heavy atom. The van der Waals surface area contributed by atoms with Gasteiger partial charge in [0.05, 0.1) is 0 Å². The molecule has 3 rings (SSSR count). The van der Waals surface area contributed by atoms with Gasteiger partial charge in [-0.1, -0.05) is 23.8 Å². The summed E-state index contributed by atoms with van der Waals surface area (Å²) >= 11 is 0. The highest BCUT2D eigenvalue weighted by Gasteiger charge is 2.17. The van der Waals surface area contributed by atoms with E-state index in [9.17, 15) is 4.79 Å². The van der Waals surface area contributed by atoms with Crippen molar-refractivity contribution >= 4 is 5.78 Å². The normalized spacial score (nSPS) is 13.1. The largest absolute Gasteiger partial charge is 0.486 e. The molecule has 102 valence electrons. The first-order valence-electron chi connectivity index (χ1n) is 6.67. The van der Waals surface area contributed by atoms with Gasteiger partial charge in [-0.15, -0.1) is 0 Å². The van der Waals surface area contributed by atoms with Gasteiger partial charge in [-0.05, 0) is 37.6 Å². The third-order valence-electron chi connectivity index (χ3n) is 3.43. The Morgan fingerprint density at radius 3 is 2.45 bits per heavy atom. The zero-order valence-corrected chi connectivity index (χ0v) is 11.6. The first-order valence-corrected chi connectivity index (χ1v) is 6.67. The van der Waals surface area contributed by atoms with E-state index >= 15 is 0 Å². The lowest BCUT2D eigenvalue weighted by Crippen LogP contribution is -2.16. The topological polar surface area (TPSA) is 35.5 Å². The van der Waals surface area contributed by atoms with E-state index < -0.39 is 0 Å². The number of ketones is 1. The van der Waals surface area contributed by atoms with Gasteiger partial charge in [-0.2, -0.15) is 0 Å². The van der Waals surface area contributed by atoms with Gasteiger partial charge < -0.3 is 9.47 Å². The SMILES string of the molecule is Cc1ccc(C(=O)c2ccc3c(c2)OCCO3)c(C)c1. The van der Waals surface area contributed by atoms with Crippen LogP contribution in [0.1, 0.15) is 27.0 Å². The minimum atomic E-state index is 0.0134. The lowest BCUT2D eigenvalue weighted by Gasteiger charge is -2.18. The first-order chi connectivity index (χ1) is 9.65. The lowest BCUT2D eigenvalue weighted by atomic mass is 9.97. The molecule has 0 unspecified atom stereocenters. The van der Waals surface area contributed by atoms with Gasteiger partial charge in [0.1, 0.15) is 13.2 Å². The fourth-order valence-corrected chi connectivity index (χ4v) is 2.41. The van der Waals surface area contributed by atoms with E-state index in [0.717, 1.165) is 16.7 Å². The molecule has 0 radical (unpaired) electrons. The second kappa shape index (κ2) is 5.00. The number of hydrogen-bond acceptors (Lipinski definition) is 3. The Morgan fingerprint density at radius 1 is 0.950 bits per heavy atom. The monoisotopic (exact) mass is 268 g/mol. The molecule has 0 aliphatic carbocycles. The summed E-state index contributed by atoms with van der Waals surface area (Å²) in [5, 5.41) is 0. The van der Waals surface area contributed by atoms with Gasteiger partial charge >= 0.3 is 0 Å². The molecule has 0 saturated heterocycles. The second-order valence-corrected chi connectivity index (χ2v) is 5.01. The van der Waals surface area contributed by atoms with Crippen LogP contribution in [0.3, 0.4) is 0 Å². The predicted octanol–water partition coefficient (Wildman–Crippen LogP) is 3.31. The summed E-state index contributed by atoms with van der Waals surface area (Å²) in [5.74, 6) is 1.36. The quantitative estimate of drug-likeness (QED) is 0.784. The van der Waals surface area contributed by atoms with Gasteiger partial charge in [0.15, 0.2) is 17.3 Å². The molecule has 1 aliphatic heterocycles. The van der Waals surface area contributed by atoms with Crippen molar-refractivity contribution in [3.05, 3.63) is 58.7 Å². The fraction of sp³-hybridized carbons (Fsp3) is 0.235. The number of fused-ring (bicyclic) bond motifs is 1. The van der Waals surface area contributed by atoms with E-state index in [1.54, 1.807) is 18.2 Å². The van der Waals surface area contributed by atoms with Crippen molar-refractivity contribution in [2.24, 2.45) is 0 Å². The lowest BCUT2D eigenvalue weighted by molar-refractivity contribution is 0.103. The van der Waals surface area contributed by atoms with Crippen LogP contribution < -0.4 is 9.47 Å². The minimum Gasteiger partial charge on any atom is -0.486 e. The van der Waals surface area contributed by atoms with Crippen LogP contribution in [-0.2, 0) is 0 Å². The van der Waals surface area contributed by atoms with Crippen LogP contribution in [0.5, 0.6) is 11.5 Å². The highest BCUT2D eigenvalue weighted by molar-refractivity contribution is 6.10. The third-order valence-corrected chi connectivity index (χ3v) is 3.43. The standard InChI is InChI=1S/C17H16O3/c1-11-3-5-14(12(2)9-11)17(18)13-4-6-15-16(10-13)20-8-7-19-15/h3-6,9-10H,7-8H2,1-2H3. The van der Waals surface area contributed by atoms with Crippen molar-refractivity contribution in [1.82, 2.24) is 0 Å². The maximum absolute atomic E-state index is 12.6. The van der Waals surface area contributed by atoms with Crippen molar-refractivity contribution in [2.75, 3.05) is 13.2 Å². The Hall–Kier alpha value is -2.29. The third kappa shape index (κ3) is 2.27. The molecule has 0 spiro atoms. The van der Waals surface area contributed by atoms with Gasteiger partial charge in [0.25, 0.3) is 0 Å². The molecule has 2 aromatic carbocycles.